The van der Waals surface area contributed by atoms with Gasteiger partial charge in [-0.05, 0) is 24.3 Å². The van der Waals surface area contributed by atoms with Crippen molar-refractivity contribution >= 4 is 68.6 Å². The summed E-state index contributed by atoms with van der Waals surface area (Å²) in [5.74, 6) is -2.50. The second-order valence-corrected chi connectivity index (χ2v) is 12.8. The molecule has 1 aliphatic rings. The van der Waals surface area contributed by atoms with Crippen LogP contribution in [0.4, 0.5) is 5.69 Å². The van der Waals surface area contributed by atoms with Gasteiger partial charge >= 0.3 is 0 Å². The number of fused-ring (bicyclic) bond motifs is 2. The van der Waals surface area contributed by atoms with Crippen molar-refractivity contribution < 1.29 is 61.8 Å². The predicted molar refractivity (Wildman–Crippen MR) is 116 cm³/mol. The Labute approximate surface area is 200 Å². The Hall–Kier alpha value is -3.24. The Kier molecular flexibility index (Phi) is 5.48. The number of rotatable bonds is 5. The van der Waals surface area contributed by atoms with Gasteiger partial charge < -0.3 is 10.1 Å². The van der Waals surface area contributed by atoms with E-state index in [-0.39, 0.29) is 0 Å². The Morgan fingerprint density at radius 3 is 1.75 bits per heavy atom. The van der Waals surface area contributed by atoms with E-state index in [2.05, 4.69) is 9.98 Å². The zero-order valence-electron chi connectivity index (χ0n) is 16.8. The number of nitrogens with one attached hydrogen (secondary N) is 1. The van der Waals surface area contributed by atoms with Gasteiger partial charge in [0.25, 0.3) is 40.5 Å². The number of carbonyl (C=O) groups is 1. The molecule has 0 bridgehead atoms. The number of aromatic nitrogens is 1. The maximum Gasteiger partial charge on any atom is 0.296 e. The summed E-state index contributed by atoms with van der Waals surface area (Å²) in [5, 5.41) is 9.96. The minimum Gasteiger partial charge on any atom is -0.505 e. The topological polar surface area (TPSA) is 283 Å². The Balaban J connectivity index is 2.10. The highest BCUT2D eigenvalue weighted by molar-refractivity contribution is 7.87. The summed E-state index contributed by atoms with van der Waals surface area (Å²) in [6.07, 6.45) is 0. The molecule has 6 N–H and O–H groups in total. The van der Waals surface area contributed by atoms with Gasteiger partial charge in [-0.1, -0.05) is 0 Å². The molecule has 0 saturated carbocycles. The lowest BCUT2D eigenvalue weighted by molar-refractivity contribution is 0.106. The van der Waals surface area contributed by atoms with Crippen molar-refractivity contribution in [3.63, 3.8) is 0 Å². The molecule has 0 radical (unpaired) electrons. The highest BCUT2D eigenvalue weighted by Crippen LogP contribution is 2.42. The summed E-state index contributed by atoms with van der Waals surface area (Å²) in [4.78, 5) is 14.5. The van der Waals surface area contributed by atoms with Crippen molar-refractivity contribution in [2.75, 3.05) is 0 Å². The molecule has 1 aliphatic heterocycles. The number of benzene rings is 2. The average Bonchev–Trinajstić information content (AvgIpc) is 3.21. The van der Waals surface area contributed by atoms with Crippen LogP contribution in [0.15, 0.2) is 48.8 Å². The smallest absolute Gasteiger partial charge is 0.296 e. The van der Waals surface area contributed by atoms with E-state index in [1.54, 1.807) is 0 Å². The van der Waals surface area contributed by atoms with Gasteiger partial charge in [0.1, 0.15) is 26.1 Å². The van der Waals surface area contributed by atoms with Crippen molar-refractivity contribution in [3.05, 3.63) is 35.5 Å². The largest absolute Gasteiger partial charge is 0.505 e. The molecule has 2 aromatic carbocycles. The molecular formula is C16H10N2O14S4. The normalized spacial score (nSPS) is 14.8. The first kappa shape index (κ1) is 25.8. The van der Waals surface area contributed by atoms with Crippen LogP contribution in [0.2, 0.25) is 0 Å². The lowest BCUT2D eigenvalue weighted by Crippen LogP contribution is -2.15. The quantitative estimate of drug-likeness (QED) is 0.219. The molecule has 20 heteroatoms. The van der Waals surface area contributed by atoms with Gasteiger partial charge in [0.15, 0.2) is 5.75 Å². The molecule has 3 aromatic rings. The first-order valence-electron chi connectivity index (χ1n) is 8.82. The van der Waals surface area contributed by atoms with E-state index < -0.39 is 105 Å². The SMILES string of the molecule is O=C1C(c2[nH]c3c(S(=O)(=O)O)cc(S(=O)(=O)O)cc3c2O)=Nc2c(S(=O)(=O)O)ccc(S(=O)(=O)O)c21. The number of aromatic amines is 1. The molecule has 1 aromatic heterocycles. The number of hydrogen-bond donors (Lipinski definition) is 6. The number of carbonyl (C=O) groups excluding carboxylic acids is 1. The maximum atomic E-state index is 13.1. The fraction of sp³-hybridized carbons (Fsp3) is 0. The fourth-order valence-corrected chi connectivity index (χ4v) is 6.13. The minimum absolute atomic E-state index is 0.326. The second kappa shape index (κ2) is 7.63. The molecule has 0 atom stereocenters. The number of H-pyrrole nitrogens is 1. The second-order valence-electron chi connectivity index (χ2n) is 7.17. The van der Waals surface area contributed by atoms with Gasteiger partial charge in [0.2, 0.25) is 5.78 Å². The number of aliphatic imine (C=N–C) groups is 1. The minimum atomic E-state index is -5.23. The summed E-state index contributed by atoms with van der Waals surface area (Å²) in [6.45, 7) is 0. The average molecular weight is 583 g/mol. The molecule has 0 amide bonds. The molecule has 0 fully saturated rings. The lowest BCUT2D eigenvalue weighted by atomic mass is 10.1. The third-order valence-corrected chi connectivity index (χ3v) is 8.44. The van der Waals surface area contributed by atoms with Gasteiger partial charge in [-0.25, -0.2) is 4.99 Å². The van der Waals surface area contributed by atoms with Crippen LogP contribution >= 0.6 is 0 Å². The summed E-state index contributed by atoms with van der Waals surface area (Å²) in [5.41, 5.74) is -4.40. The van der Waals surface area contributed by atoms with E-state index in [9.17, 15) is 61.8 Å². The van der Waals surface area contributed by atoms with Crippen LogP contribution in [0.3, 0.4) is 0 Å². The number of ketones is 1. The monoisotopic (exact) mass is 582 g/mol. The number of hydrogen-bond acceptors (Lipinski definition) is 11. The van der Waals surface area contributed by atoms with E-state index in [0.717, 1.165) is 0 Å². The van der Waals surface area contributed by atoms with Gasteiger partial charge in [-0.2, -0.15) is 33.7 Å². The van der Waals surface area contributed by atoms with Gasteiger partial charge in [0.05, 0.1) is 21.7 Å². The molecule has 2 heterocycles. The van der Waals surface area contributed by atoms with Crippen LogP contribution in [0.1, 0.15) is 16.1 Å². The Morgan fingerprint density at radius 2 is 1.25 bits per heavy atom. The number of aromatic hydroxyl groups is 1. The zero-order chi connectivity index (χ0) is 27.2. The van der Waals surface area contributed by atoms with Gasteiger partial charge in [-0.3, -0.25) is 23.0 Å². The van der Waals surface area contributed by atoms with E-state index in [1.807, 2.05) is 0 Å². The van der Waals surface area contributed by atoms with Crippen molar-refractivity contribution in [2.24, 2.45) is 4.99 Å². The summed E-state index contributed by atoms with van der Waals surface area (Å²) in [7, 11) is -20.6. The van der Waals surface area contributed by atoms with E-state index in [4.69, 9.17) is 0 Å². The van der Waals surface area contributed by atoms with Crippen molar-refractivity contribution in [2.45, 2.75) is 19.6 Å². The molecule has 4 rings (SSSR count). The summed E-state index contributed by atoms with van der Waals surface area (Å²) in [6, 6.07) is 1.91. The van der Waals surface area contributed by atoms with Crippen LogP contribution in [-0.2, 0) is 40.5 Å². The molecule has 0 unspecified atom stereocenters. The first-order valence-corrected chi connectivity index (χ1v) is 14.6. The van der Waals surface area contributed by atoms with Crippen molar-refractivity contribution in [1.82, 2.24) is 4.98 Å². The first-order chi connectivity index (χ1) is 16.2. The number of Topliss-reactive ketones (excluding diaryl/α,β-unsaturated/α-hetero) is 1. The molecule has 0 aliphatic carbocycles. The predicted octanol–water partition coefficient (Wildman–Crippen LogP) is 0.177. The lowest BCUT2D eigenvalue weighted by Gasteiger charge is -2.06. The van der Waals surface area contributed by atoms with E-state index in [1.165, 1.54) is 0 Å². The van der Waals surface area contributed by atoms with Crippen LogP contribution in [-0.4, -0.2) is 73.5 Å². The molecule has 192 valence electrons. The maximum absolute atomic E-state index is 13.1. The molecule has 0 spiro atoms. The van der Waals surface area contributed by atoms with Crippen LogP contribution in [0.25, 0.3) is 10.9 Å². The molecular weight excluding hydrogens is 572 g/mol. The zero-order valence-corrected chi connectivity index (χ0v) is 20.1. The van der Waals surface area contributed by atoms with Gasteiger partial charge in [0, 0.05) is 5.39 Å². The van der Waals surface area contributed by atoms with Crippen LogP contribution < -0.4 is 0 Å². The Morgan fingerprint density at radius 1 is 0.722 bits per heavy atom. The fourth-order valence-electron chi connectivity index (χ4n) is 3.51. The Bertz CT molecular complexity index is 2000. The van der Waals surface area contributed by atoms with Crippen LogP contribution in [0.5, 0.6) is 5.75 Å². The standard InChI is InChI=1S/C16H10N2O14S4/c19-15-6-3-5(33(21,22)23)4-9(36(30,31)32)11(6)17-13(15)14-16(20)10-7(34(24,25)26)1-2-8(12(10)18-14)35(27,28)29/h1-4,17,19H,(H,21,22,23)(H,24,25,26)(H,27,28,29)(H,30,31,32). The third kappa shape index (κ3) is 4.08. The highest BCUT2D eigenvalue weighted by atomic mass is 32.2. The molecule has 0 saturated heterocycles. The van der Waals surface area contributed by atoms with Crippen LogP contribution in [0, 0.1) is 0 Å². The molecule has 36 heavy (non-hydrogen) atoms. The van der Waals surface area contributed by atoms with Crippen molar-refractivity contribution in [1.29, 1.82) is 0 Å². The number of nitrogens with zero attached hydrogens (tertiary/aromatic N) is 1. The van der Waals surface area contributed by atoms with Gasteiger partial charge in [-0.15, -0.1) is 0 Å². The third-order valence-electron chi connectivity index (χ3n) is 4.95. The van der Waals surface area contributed by atoms with Crippen molar-refractivity contribution in [3.8, 4) is 5.75 Å². The molecule has 16 nitrogen and oxygen atoms in total. The summed E-state index contributed by atoms with van der Waals surface area (Å²) < 4.78 is 131. The van der Waals surface area contributed by atoms with E-state index >= 15 is 0 Å². The highest BCUT2D eigenvalue weighted by Gasteiger charge is 2.39. The summed E-state index contributed by atoms with van der Waals surface area (Å²) >= 11 is 0. The van der Waals surface area contributed by atoms with E-state index in [0.29, 0.717) is 24.3 Å².